The van der Waals surface area contributed by atoms with Crippen LogP contribution in [0.25, 0.3) is 0 Å². The first kappa shape index (κ1) is 15.7. The van der Waals surface area contributed by atoms with Gasteiger partial charge in [0.25, 0.3) is 0 Å². The van der Waals surface area contributed by atoms with E-state index < -0.39 is 0 Å². The molecule has 1 atom stereocenters. The SMILES string of the molecule is Cc1ncc2c(n1)CN(C(C)C(=O)N1CCc3sccc3C1)CC2. The van der Waals surface area contributed by atoms with Gasteiger partial charge in [0.1, 0.15) is 5.82 Å². The lowest BCUT2D eigenvalue weighted by Crippen LogP contribution is -2.49. The van der Waals surface area contributed by atoms with Gasteiger partial charge < -0.3 is 4.90 Å². The molecule has 0 radical (unpaired) electrons. The fraction of sp³-hybridized carbons (Fsp3) is 0.500. The summed E-state index contributed by atoms with van der Waals surface area (Å²) in [6.07, 6.45) is 3.84. The Morgan fingerprint density at radius 1 is 1.25 bits per heavy atom. The average Bonchev–Trinajstić information content (AvgIpc) is 3.07. The maximum absolute atomic E-state index is 13.0. The van der Waals surface area contributed by atoms with E-state index in [9.17, 15) is 4.79 Å². The average molecular weight is 342 g/mol. The highest BCUT2D eigenvalue weighted by molar-refractivity contribution is 7.10. The van der Waals surface area contributed by atoms with E-state index in [1.807, 2.05) is 24.9 Å². The largest absolute Gasteiger partial charge is 0.337 e. The van der Waals surface area contributed by atoms with Gasteiger partial charge in [0.05, 0.1) is 11.7 Å². The third-order valence-electron chi connectivity index (χ3n) is 5.12. The third-order valence-corrected chi connectivity index (χ3v) is 6.14. The summed E-state index contributed by atoms with van der Waals surface area (Å²) in [4.78, 5) is 27.5. The van der Waals surface area contributed by atoms with Gasteiger partial charge in [-0.25, -0.2) is 9.97 Å². The van der Waals surface area contributed by atoms with Crippen LogP contribution in [0.2, 0.25) is 0 Å². The minimum absolute atomic E-state index is 0.103. The van der Waals surface area contributed by atoms with E-state index >= 15 is 0 Å². The first-order chi connectivity index (χ1) is 11.6. The Morgan fingerprint density at radius 3 is 3.00 bits per heavy atom. The van der Waals surface area contributed by atoms with Crippen LogP contribution in [-0.2, 0) is 30.7 Å². The number of carbonyl (C=O) groups excluding carboxylic acids is 1. The van der Waals surface area contributed by atoms with Gasteiger partial charge in [-0.2, -0.15) is 0 Å². The minimum Gasteiger partial charge on any atom is -0.337 e. The van der Waals surface area contributed by atoms with Gasteiger partial charge in [-0.1, -0.05) is 0 Å². The number of hydrogen-bond acceptors (Lipinski definition) is 5. The number of thiophene rings is 1. The monoisotopic (exact) mass is 342 g/mol. The molecule has 0 bridgehead atoms. The molecule has 0 fully saturated rings. The van der Waals surface area contributed by atoms with Crippen molar-refractivity contribution < 1.29 is 4.79 Å². The van der Waals surface area contributed by atoms with Crippen LogP contribution in [0.4, 0.5) is 0 Å². The van der Waals surface area contributed by atoms with Gasteiger partial charge in [-0.05, 0) is 49.3 Å². The van der Waals surface area contributed by atoms with Crippen LogP contribution in [0.1, 0.15) is 34.4 Å². The summed E-state index contributed by atoms with van der Waals surface area (Å²) < 4.78 is 0. The highest BCUT2D eigenvalue weighted by atomic mass is 32.1. The van der Waals surface area contributed by atoms with Gasteiger partial charge in [0.2, 0.25) is 5.91 Å². The number of hydrogen-bond donors (Lipinski definition) is 0. The van der Waals surface area contributed by atoms with E-state index in [4.69, 9.17) is 0 Å². The zero-order valence-corrected chi connectivity index (χ0v) is 15.0. The predicted molar refractivity (Wildman–Crippen MR) is 93.8 cm³/mol. The zero-order chi connectivity index (χ0) is 16.7. The predicted octanol–water partition coefficient (Wildman–Crippen LogP) is 2.18. The molecule has 1 amide bonds. The van der Waals surface area contributed by atoms with E-state index in [1.165, 1.54) is 16.0 Å². The van der Waals surface area contributed by atoms with Crippen molar-refractivity contribution in [1.82, 2.24) is 19.8 Å². The van der Waals surface area contributed by atoms with Crippen LogP contribution < -0.4 is 0 Å². The fourth-order valence-electron chi connectivity index (χ4n) is 3.61. The number of aryl methyl sites for hydroxylation is 1. The quantitative estimate of drug-likeness (QED) is 0.839. The molecule has 0 saturated heterocycles. The second-order valence-corrected chi connectivity index (χ2v) is 7.67. The maximum atomic E-state index is 13.0. The van der Waals surface area contributed by atoms with E-state index in [1.54, 1.807) is 11.3 Å². The highest BCUT2D eigenvalue weighted by Gasteiger charge is 2.31. The normalized spacial score (nSPS) is 18.8. The Morgan fingerprint density at radius 2 is 2.12 bits per heavy atom. The van der Waals surface area contributed by atoms with Crippen molar-refractivity contribution in [2.24, 2.45) is 0 Å². The molecule has 126 valence electrons. The van der Waals surface area contributed by atoms with Crippen LogP contribution >= 0.6 is 11.3 Å². The van der Waals surface area contributed by atoms with Gasteiger partial charge >= 0.3 is 0 Å². The summed E-state index contributed by atoms with van der Waals surface area (Å²) in [7, 11) is 0. The van der Waals surface area contributed by atoms with Crippen molar-refractivity contribution in [2.75, 3.05) is 13.1 Å². The van der Waals surface area contributed by atoms with E-state index in [-0.39, 0.29) is 11.9 Å². The number of aromatic nitrogens is 2. The molecule has 2 aliphatic heterocycles. The van der Waals surface area contributed by atoms with Crippen molar-refractivity contribution in [3.05, 3.63) is 45.2 Å². The molecule has 0 aliphatic carbocycles. The van der Waals surface area contributed by atoms with Gasteiger partial charge in [-0.15, -0.1) is 11.3 Å². The molecule has 0 saturated carbocycles. The Labute approximate surface area is 146 Å². The minimum atomic E-state index is -0.103. The Kier molecular flexibility index (Phi) is 4.10. The molecule has 5 nitrogen and oxygen atoms in total. The number of rotatable bonds is 2. The first-order valence-electron chi connectivity index (χ1n) is 8.51. The second kappa shape index (κ2) is 6.26. The zero-order valence-electron chi connectivity index (χ0n) is 14.2. The molecule has 0 aromatic carbocycles. The summed E-state index contributed by atoms with van der Waals surface area (Å²) in [5.74, 6) is 1.04. The summed E-state index contributed by atoms with van der Waals surface area (Å²) in [5.41, 5.74) is 3.61. The number of amides is 1. The number of nitrogens with zero attached hydrogens (tertiary/aromatic N) is 4. The van der Waals surface area contributed by atoms with E-state index in [0.717, 1.165) is 50.5 Å². The van der Waals surface area contributed by atoms with E-state index in [2.05, 4.69) is 26.3 Å². The van der Waals surface area contributed by atoms with Crippen molar-refractivity contribution in [3.63, 3.8) is 0 Å². The molecule has 2 aromatic heterocycles. The molecule has 4 rings (SSSR count). The Bertz CT molecular complexity index is 772. The molecule has 2 aliphatic rings. The molecular weight excluding hydrogens is 320 g/mol. The summed E-state index contributed by atoms with van der Waals surface area (Å²) in [6.45, 7) is 7.17. The molecule has 0 spiro atoms. The third kappa shape index (κ3) is 2.84. The fourth-order valence-corrected chi connectivity index (χ4v) is 4.50. The molecule has 1 unspecified atom stereocenters. The van der Waals surface area contributed by atoms with Gasteiger partial charge in [0, 0.05) is 37.3 Å². The summed E-state index contributed by atoms with van der Waals surface area (Å²) in [5, 5.41) is 2.13. The Balaban J connectivity index is 1.46. The van der Waals surface area contributed by atoms with Crippen molar-refractivity contribution in [2.45, 2.75) is 45.8 Å². The molecule has 6 heteroatoms. The number of fused-ring (bicyclic) bond motifs is 2. The van der Waals surface area contributed by atoms with Crippen LogP contribution in [0.3, 0.4) is 0 Å². The summed E-state index contributed by atoms with van der Waals surface area (Å²) in [6, 6.07) is 2.05. The van der Waals surface area contributed by atoms with Crippen molar-refractivity contribution in [1.29, 1.82) is 0 Å². The first-order valence-corrected chi connectivity index (χ1v) is 9.39. The van der Waals surface area contributed by atoms with Crippen LogP contribution in [0.5, 0.6) is 0 Å². The van der Waals surface area contributed by atoms with Crippen molar-refractivity contribution in [3.8, 4) is 0 Å². The number of carbonyl (C=O) groups is 1. The molecule has 0 N–H and O–H groups in total. The molecule has 2 aromatic rings. The molecular formula is C18H22N4OS. The van der Waals surface area contributed by atoms with E-state index in [0.29, 0.717) is 0 Å². The second-order valence-electron chi connectivity index (χ2n) is 6.66. The molecule has 4 heterocycles. The lowest BCUT2D eigenvalue weighted by molar-refractivity contribution is -0.137. The maximum Gasteiger partial charge on any atom is 0.239 e. The lowest BCUT2D eigenvalue weighted by Gasteiger charge is -2.36. The van der Waals surface area contributed by atoms with Crippen LogP contribution in [0.15, 0.2) is 17.6 Å². The smallest absolute Gasteiger partial charge is 0.239 e. The van der Waals surface area contributed by atoms with Crippen molar-refractivity contribution >= 4 is 17.2 Å². The van der Waals surface area contributed by atoms with Crippen LogP contribution in [-0.4, -0.2) is 44.8 Å². The van der Waals surface area contributed by atoms with Crippen LogP contribution in [0, 0.1) is 6.92 Å². The van der Waals surface area contributed by atoms with Gasteiger partial charge in [0.15, 0.2) is 0 Å². The Hall–Kier alpha value is -1.79. The summed E-state index contributed by atoms with van der Waals surface area (Å²) >= 11 is 1.81. The van der Waals surface area contributed by atoms with Gasteiger partial charge in [-0.3, -0.25) is 9.69 Å². The lowest BCUT2D eigenvalue weighted by atomic mass is 10.0. The molecule has 24 heavy (non-hydrogen) atoms. The standard InChI is InChI=1S/C18H22N4OS/c1-12(18(23)22-7-4-17-15(10-22)5-8-24-17)21-6-3-14-9-19-13(2)20-16(14)11-21/h5,8-9,12H,3-4,6-7,10-11H2,1-2H3. The topological polar surface area (TPSA) is 49.3 Å². The highest BCUT2D eigenvalue weighted by Crippen LogP contribution is 2.25.